The number of hydrogen-bond donors (Lipinski definition) is 1. The summed E-state index contributed by atoms with van der Waals surface area (Å²) in [6.07, 6.45) is 2.78. The predicted molar refractivity (Wildman–Crippen MR) is 77.1 cm³/mol. The predicted octanol–water partition coefficient (Wildman–Crippen LogP) is 2.63. The van der Waals surface area contributed by atoms with Crippen molar-refractivity contribution >= 4 is 29.3 Å². The lowest BCUT2D eigenvalue weighted by Gasteiger charge is -2.09. The van der Waals surface area contributed by atoms with Gasteiger partial charge in [0.25, 0.3) is 5.91 Å². The van der Waals surface area contributed by atoms with E-state index in [0.717, 1.165) is 22.2 Å². The van der Waals surface area contributed by atoms with Crippen LogP contribution in [0.1, 0.15) is 12.5 Å². The molecule has 0 atom stereocenters. The topological polar surface area (TPSA) is 79.2 Å². The zero-order chi connectivity index (χ0) is 15.0. The third-order valence-electron chi connectivity index (χ3n) is 2.28. The molecule has 1 rings (SSSR count). The molecule has 104 valence electrons. The van der Waals surface area contributed by atoms with E-state index < -0.39 is 11.9 Å². The van der Waals surface area contributed by atoms with Crippen LogP contribution < -0.4 is 5.32 Å². The number of amides is 1. The average molecular weight is 290 g/mol. The van der Waals surface area contributed by atoms with Crippen molar-refractivity contribution in [3.8, 4) is 5.40 Å². The maximum atomic E-state index is 11.6. The van der Waals surface area contributed by atoms with E-state index in [2.05, 4.69) is 5.32 Å². The van der Waals surface area contributed by atoms with E-state index in [1.165, 1.54) is 12.2 Å². The van der Waals surface area contributed by atoms with Crippen molar-refractivity contribution in [3.05, 3.63) is 35.9 Å². The molecule has 0 saturated heterocycles. The van der Waals surface area contributed by atoms with Crippen LogP contribution in [0.5, 0.6) is 0 Å². The van der Waals surface area contributed by atoms with Crippen molar-refractivity contribution in [3.63, 3.8) is 0 Å². The van der Waals surface area contributed by atoms with Crippen LogP contribution in [0.3, 0.4) is 0 Å². The number of thioether (sulfide) groups is 1. The van der Waals surface area contributed by atoms with E-state index in [-0.39, 0.29) is 6.61 Å². The van der Waals surface area contributed by atoms with Gasteiger partial charge >= 0.3 is 5.97 Å². The largest absolute Gasteiger partial charge is 0.452 e. The molecule has 0 heterocycles. The molecule has 1 aromatic rings. The number of carbonyl (C=O) groups is 2. The van der Waals surface area contributed by atoms with Crippen molar-refractivity contribution in [2.24, 2.45) is 0 Å². The van der Waals surface area contributed by atoms with Crippen LogP contribution in [-0.2, 0) is 14.3 Å². The number of allylic oxidation sites excluding steroid dienone is 1. The molecule has 0 aromatic heterocycles. The highest BCUT2D eigenvalue weighted by molar-refractivity contribution is 8.03. The first-order valence-electron chi connectivity index (χ1n) is 5.82. The molecule has 0 spiro atoms. The quantitative estimate of drug-likeness (QED) is 0.390. The molecule has 0 aliphatic rings. The lowest BCUT2D eigenvalue weighted by molar-refractivity contribution is -0.142. The number of benzene rings is 1. The van der Waals surface area contributed by atoms with Crippen LogP contribution in [0.4, 0.5) is 5.69 Å². The molecule has 0 radical (unpaired) electrons. The Morgan fingerprint density at radius 2 is 2.25 bits per heavy atom. The van der Waals surface area contributed by atoms with Crippen molar-refractivity contribution in [1.82, 2.24) is 0 Å². The summed E-state index contributed by atoms with van der Waals surface area (Å²) in [7, 11) is 0. The third kappa shape index (κ3) is 5.16. The van der Waals surface area contributed by atoms with Gasteiger partial charge in [0.2, 0.25) is 0 Å². The van der Waals surface area contributed by atoms with Gasteiger partial charge in [0.05, 0.1) is 0 Å². The second kappa shape index (κ2) is 8.02. The Labute approximate surface area is 121 Å². The van der Waals surface area contributed by atoms with Gasteiger partial charge in [0.1, 0.15) is 5.40 Å². The SMILES string of the molecule is C/C=C/C(=O)OCC(=O)Nc1ccc(SC#N)cc1C. The van der Waals surface area contributed by atoms with Crippen LogP contribution in [0, 0.1) is 17.6 Å². The van der Waals surface area contributed by atoms with Crippen molar-refractivity contribution < 1.29 is 14.3 Å². The van der Waals surface area contributed by atoms with Gasteiger partial charge in [0.15, 0.2) is 6.61 Å². The van der Waals surface area contributed by atoms with Gasteiger partial charge in [-0.25, -0.2) is 4.79 Å². The van der Waals surface area contributed by atoms with Crippen molar-refractivity contribution in [1.29, 1.82) is 5.26 Å². The number of anilines is 1. The minimum absolute atomic E-state index is 0.336. The van der Waals surface area contributed by atoms with E-state index in [0.29, 0.717) is 5.69 Å². The summed E-state index contributed by atoms with van der Waals surface area (Å²) in [4.78, 5) is 23.5. The Bertz CT molecular complexity index is 576. The van der Waals surface area contributed by atoms with Gasteiger partial charge in [-0.15, -0.1) is 0 Å². The number of nitrogens with one attached hydrogen (secondary N) is 1. The molecule has 0 bridgehead atoms. The van der Waals surface area contributed by atoms with Crippen LogP contribution >= 0.6 is 11.8 Å². The highest BCUT2D eigenvalue weighted by atomic mass is 32.2. The number of nitrogens with zero attached hydrogens (tertiary/aromatic N) is 1. The normalized spacial score (nSPS) is 10.1. The number of carbonyl (C=O) groups excluding carboxylic acids is 2. The molecule has 0 fully saturated rings. The first-order chi connectivity index (χ1) is 9.56. The highest BCUT2D eigenvalue weighted by Crippen LogP contribution is 2.23. The first kappa shape index (κ1) is 15.8. The standard InChI is InChI=1S/C14H14N2O3S/c1-3-4-14(18)19-8-13(17)16-12-6-5-11(20-9-15)7-10(12)2/h3-7H,8H2,1-2H3,(H,16,17)/b4-3+. The monoisotopic (exact) mass is 290 g/mol. The van der Waals surface area contributed by atoms with E-state index in [1.54, 1.807) is 25.1 Å². The second-order valence-corrected chi connectivity index (χ2v) is 4.68. The number of nitriles is 1. The summed E-state index contributed by atoms with van der Waals surface area (Å²) in [5.74, 6) is -0.966. The number of aryl methyl sites for hydroxylation is 1. The van der Waals surface area contributed by atoms with E-state index in [1.807, 2.05) is 12.3 Å². The van der Waals surface area contributed by atoms with Crippen LogP contribution in [0.25, 0.3) is 0 Å². The van der Waals surface area contributed by atoms with E-state index in [9.17, 15) is 9.59 Å². The number of thiocyanates is 1. The Kier molecular flexibility index (Phi) is 6.33. The zero-order valence-electron chi connectivity index (χ0n) is 11.2. The summed E-state index contributed by atoms with van der Waals surface area (Å²) in [6.45, 7) is 3.17. The summed E-state index contributed by atoms with van der Waals surface area (Å²) in [6, 6.07) is 5.25. The van der Waals surface area contributed by atoms with Gasteiger partial charge in [-0.2, -0.15) is 5.26 Å². The van der Waals surface area contributed by atoms with Crippen molar-refractivity contribution in [2.45, 2.75) is 18.7 Å². The molecular weight excluding hydrogens is 276 g/mol. The second-order valence-electron chi connectivity index (χ2n) is 3.83. The maximum absolute atomic E-state index is 11.6. The number of ether oxygens (including phenoxy) is 1. The Balaban J connectivity index is 2.58. The summed E-state index contributed by atoms with van der Waals surface area (Å²) >= 11 is 1.05. The lowest BCUT2D eigenvalue weighted by Crippen LogP contribution is -2.20. The molecule has 5 nitrogen and oxygen atoms in total. The average Bonchev–Trinajstić information content (AvgIpc) is 2.40. The smallest absolute Gasteiger partial charge is 0.330 e. The van der Waals surface area contributed by atoms with Gasteiger partial charge in [-0.3, -0.25) is 4.79 Å². The number of hydrogen-bond acceptors (Lipinski definition) is 5. The Morgan fingerprint density at radius 1 is 1.50 bits per heavy atom. The molecule has 1 aromatic carbocycles. The Morgan fingerprint density at radius 3 is 2.85 bits per heavy atom. The van der Waals surface area contributed by atoms with Crippen molar-refractivity contribution in [2.75, 3.05) is 11.9 Å². The Hall–Kier alpha value is -2.26. The minimum atomic E-state index is -0.555. The first-order valence-corrected chi connectivity index (χ1v) is 6.64. The molecule has 0 aliphatic heterocycles. The third-order valence-corrected chi connectivity index (χ3v) is 2.86. The highest BCUT2D eigenvalue weighted by Gasteiger charge is 2.07. The van der Waals surface area contributed by atoms with Gasteiger partial charge in [-0.05, 0) is 49.4 Å². The van der Waals surface area contributed by atoms with Gasteiger partial charge in [-0.1, -0.05) is 6.08 Å². The summed E-state index contributed by atoms with van der Waals surface area (Å²) in [5, 5.41) is 13.2. The molecule has 6 heteroatoms. The lowest BCUT2D eigenvalue weighted by atomic mass is 10.2. The summed E-state index contributed by atoms with van der Waals surface area (Å²) in [5.41, 5.74) is 1.46. The molecule has 1 amide bonds. The fourth-order valence-electron chi connectivity index (χ4n) is 1.40. The van der Waals surface area contributed by atoms with E-state index in [4.69, 9.17) is 10.00 Å². The molecule has 20 heavy (non-hydrogen) atoms. The number of esters is 1. The molecular formula is C14H14N2O3S. The maximum Gasteiger partial charge on any atom is 0.330 e. The van der Waals surface area contributed by atoms with Crippen LogP contribution in [0.2, 0.25) is 0 Å². The molecule has 0 saturated carbocycles. The van der Waals surface area contributed by atoms with Gasteiger partial charge in [0, 0.05) is 16.7 Å². The molecule has 0 unspecified atom stereocenters. The minimum Gasteiger partial charge on any atom is -0.452 e. The summed E-state index contributed by atoms with van der Waals surface area (Å²) < 4.78 is 4.73. The zero-order valence-corrected chi connectivity index (χ0v) is 12.0. The van der Waals surface area contributed by atoms with E-state index >= 15 is 0 Å². The molecule has 0 aliphatic carbocycles. The molecule has 1 N–H and O–H groups in total. The fraction of sp³-hybridized carbons (Fsp3) is 0.214. The number of rotatable bonds is 5. The van der Waals surface area contributed by atoms with Crippen LogP contribution in [0.15, 0.2) is 35.2 Å². The van der Waals surface area contributed by atoms with Gasteiger partial charge < -0.3 is 10.1 Å². The van der Waals surface area contributed by atoms with Crippen LogP contribution in [-0.4, -0.2) is 18.5 Å². The fourth-order valence-corrected chi connectivity index (χ4v) is 1.88.